The standard InChI is InChI=1S/C23H18ClF5N4O3S.C17H15ClF4N4O.ClH/c24-18-11-30-19(14-9-31-22(32-10-14)23(27,28)29)7-13(18)1-6-21(34)20-8-16(26)12-33(20)37(35,36)17-4-2-15(25)3-5-17;18-12-8-24-13(10-5-25-16(26-6-10)17(20,21)22)3-9(12)1-2-15(27)14-4-11(19)7-23-14;/h2-5,7,9-11,16,20H,1,6,8,12H2;3,5-6,8,11,14,23H,1-2,4,7H2;1H/t16-,20+;11-,14+;/m11./s1. The summed E-state index contributed by atoms with van der Waals surface area (Å²) in [6.07, 6.45) is -5.14. The summed E-state index contributed by atoms with van der Waals surface area (Å²) in [5.41, 5.74) is 2.08. The molecule has 0 amide bonds. The highest BCUT2D eigenvalue weighted by Crippen LogP contribution is 2.32. The molecule has 0 saturated carbocycles. The molecule has 4 atom stereocenters. The van der Waals surface area contributed by atoms with Gasteiger partial charge in [-0.15, -0.1) is 12.4 Å². The molecule has 1 N–H and O–H groups in total. The molecule has 7 rings (SSSR count). The molecule has 0 radical (unpaired) electrons. The van der Waals surface area contributed by atoms with E-state index >= 15 is 0 Å². The van der Waals surface area contributed by atoms with Crippen molar-refractivity contribution in [3.63, 3.8) is 0 Å². The number of aromatic nitrogens is 6. The number of halogens is 12. The Labute approximate surface area is 380 Å². The zero-order chi connectivity index (χ0) is 46.6. The van der Waals surface area contributed by atoms with Crippen molar-refractivity contribution in [3.05, 3.63) is 112 Å². The minimum Gasteiger partial charge on any atom is -0.304 e. The van der Waals surface area contributed by atoms with Gasteiger partial charge in [0.25, 0.3) is 0 Å². The average Bonchev–Trinajstić information content (AvgIpc) is 3.88. The number of pyridine rings is 2. The fraction of sp³-hybridized carbons (Fsp3) is 0.350. The number of nitrogens with one attached hydrogen (secondary N) is 1. The van der Waals surface area contributed by atoms with E-state index in [9.17, 15) is 57.5 Å². The van der Waals surface area contributed by atoms with E-state index in [1.165, 1.54) is 18.5 Å². The van der Waals surface area contributed by atoms with Crippen molar-refractivity contribution >= 4 is 57.2 Å². The van der Waals surface area contributed by atoms with Gasteiger partial charge in [0.05, 0.1) is 38.4 Å². The lowest BCUT2D eigenvalue weighted by molar-refractivity contribution is -0.145. The molecule has 25 heteroatoms. The van der Waals surface area contributed by atoms with E-state index in [0.29, 0.717) is 33.8 Å². The minimum atomic E-state index is -4.70. The van der Waals surface area contributed by atoms with Gasteiger partial charge in [0.15, 0.2) is 5.78 Å². The molecule has 2 saturated heterocycles. The van der Waals surface area contributed by atoms with Crippen LogP contribution >= 0.6 is 35.6 Å². The molecule has 0 spiro atoms. The molecule has 5 aromatic rings. The second kappa shape index (κ2) is 21.2. The second-order valence-corrected chi connectivity index (χ2v) is 17.2. The highest BCUT2D eigenvalue weighted by atomic mass is 35.5. The maximum absolute atomic E-state index is 14.2. The Hall–Kier alpha value is -4.87. The summed E-state index contributed by atoms with van der Waals surface area (Å²) < 4.78 is 143. The van der Waals surface area contributed by atoms with Crippen molar-refractivity contribution in [1.82, 2.24) is 39.5 Å². The van der Waals surface area contributed by atoms with Crippen LogP contribution in [-0.2, 0) is 44.8 Å². The topological polar surface area (TPSA) is 161 Å². The monoisotopic (exact) mass is 998 g/mol. The van der Waals surface area contributed by atoms with Crippen molar-refractivity contribution in [2.24, 2.45) is 0 Å². The van der Waals surface area contributed by atoms with Crippen molar-refractivity contribution < 1.29 is 57.5 Å². The van der Waals surface area contributed by atoms with Crippen molar-refractivity contribution in [3.8, 4) is 22.5 Å². The lowest BCUT2D eigenvalue weighted by Crippen LogP contribution is -2.40. The summed E-state index contributed by atoms with van der Waals surface area (Å²) in [4.78, 5) is 46.2. The van der Waals surface area contributed by atoms with Gasteiger partial charge in [-0.25, -0.2) is 41.5 Å². The van der Waals surface area contributed by atoms with Gasteiger partial charge in [0.1, 0.15) is 23.9 Å². The molecule has 12 nitrogen and oxygen atoms in total. The predicted octanol–water partition coefficient (Wildman–Crippen LogP) is 8.49. The van der Waals surface area contributed by atoms with E-state index < -0.39 is 76.6 Å². The van der Waals surface area contributed by atoms with Gasteiger partial charge in [-0.05, 0) is 60.4 Å². The first-order chi connectivity index (χ1) is 30.1. The molecule has 65 heavy (non-hydrogen) atoms. The highest BCUT2D eigenvalue weighted by Gasteiger charge is 2.44. The Morgan fingerprint density at radius 1 is 0.692 bits per heavy atom. The first-order valence-corrected chi connectivity index (χ1v) is 21.2. The fourth-order valence-corrected chi connectivity index (χ4v) is 8.77. The number of alkyl halides is 8. The second-order valence-electron chi connectivity index (χ2n) is 14.5. The maximum atomic E-state index is 14.2. The summed E-state index contributed by atoms with van der Waals surface area (Å²) in [5, 5.41) is 3.34. The van der Waals surface area contributed by atoms with Gasteiger partial charge >= 0.3 is 12.4 Å². The van der Waals surface area contributed by atoms with E-state index in [1.807, 2.05) is 0 Å². The number of Topliss-reactive ketones (excluding diaryl/α,β-unsaturated/α-hetero) is 2. The molecule has 0 bridgehead atoms. The van der Waals surface area contributed by atoms with Crippen LogP contribution < -0.4 is 5.32 Å². The largest absolute Gasteiger partial charge is 0.451 e. The number of hydrogen-bond acceptors (Lipinski definition) is 11. The van der Waals surface area contributed by atoms with Crippen molar-refractivity contribution in [2.75, 3.05) is 13.1 Å². The summed E-state index contributed by atoms with van der Waals surface area (Å²) in [6, 6.07) is 5.29. The Balaban J connectivity index is 0.000000252. The Bertz CT molecular complexity index is 2580. The molecule has 2 aliphatic rings. The summed E-state index contributed by atoms with van der Waals surface area (Å²) in [6.45, 7) is -0.339. The van der Waals surface area contributed by atoms with Crippen LogP contribution in [0.4, 0.5) is 39.5 Å². The molecular weight excluding hydrogens is 966 g/mol. The number of ketones is 2. The number of aryl methyl sites for hydroxylation is 2. The Kier molecular flexibility index (Phi) is 16.7. The van der Waals surface area contributed by atoms with Crippen LogP contribution in [0, 0.1) is 5.82 Å². The first-order valence-electron chi connectivity index (χ1n) is 19.0. The van der Waals surface area contributed by atoms with E-state index in [-0.39, 0.29) is 78.0 Å². The van der Waals surface area contributed by atoms with Crippen LogP contribution in [-0.4, -0.2) is 91.7 Å². The number of rotatable bonds is 12. The minimum absolute atomic E-state index is 0. The third kappa shape index (κ3) is 12.9. The van der Waals surface area contributed by atoms with Crippen LogP contribution in [0.5, 0.6) is 0 Å². The Morgan fingerprint density at radius 2 is 1.15 bits per heavy atom. The number of nitrogens with zero attached hydrogens (tertiary/aromatic N) is 7. The predicted molar refractivity (Wildman–Crippen MR) is 219 cm³/mol. The summed E-state index contributed by atoms with van der Waals surface area (Å²) in [5.74, 6) is -3.84. The van der Waals surface area contributed by atoms with Gasteiger partial charge in [-0.2, -0.15) is 30.6 Å². The van der Waals surface area contributed by atoms with Gasteiger partial charge in [0.2, 0.25) is 21.7 Å². The van der Waals surface area contributed by atoms with E-state index in [1.54, 1.807) is 6.07 Å². The first kappa shape index (κ1) is 51.1. The Morgan fingerprint density at radius 3 is 1.58 bits per heavy atom. The number of carbonyl (C=O) groups excluding carboxylic acids is 2. The zero-order valence-corrected chi connectivity index (χ0v) is 36.3. The molecule has 0 unspecified atom stereocenters. The normalized spacial score (nSPS) is 19.0. The molecule has 348 valence electrons. The lowest BCUT2D eigenvalue weighted by Gasteiger charge is -2.23. The molecule has 6 heterocycles. The van der Waals surface area contributed by atoms with Gasteiger partial charge in [-0.3, -0.25) is 19.6 Å². The van der Waals surface area contributed by atoms with Crippen LogP contribution in [0.3, 0.4) is 0 Å². The molecular formula is C40H34Cl3F9N8O4S. The number of sulfonamides is 1. The fourth-order valence-electron chi connectivity index (χ4n) is 6.72. The van der Waals surface area contributed by atoms with Gasteiger partial charge in [0, 0.05) is 87.1 Å². The number of hydrogen-bond donors (Lipinski definition) is 1. The molecule has 0 aliphatic carbocycles. The number of benzene rings is 1. The van der Waals surface area contributed by atoms with Gasteiger partial charge in [-0.1, -0.05) is 23.2 Å². The average molecular weight is 1000 g/mol. The van der Waals surface area contributed by atoms with E-state index in [0.717, 1.165) is 53.4 Å². The lowest BCUT2D eigenvalue weighted by atomic mass is 10.0. The van der Waals surface area contributed by atoms with Crippen LogP contribution in [0.15, 0.2) is 78.5 Å². The number of carbonyl (C=O) groups is 2. The molecule has 1 aromatic carbocycles. The van der Waals surface area contributed by atoms with Crippen LogP contribution in [0.2, 0.25) is 10.0 Å². The quantitative estimate of drug-likeness (QED) is 0.119. The third-order valence-electron chi connectivity index (χ3n) is 10.0. The SMILES string of the molecule is Cl.O=C(CCc1cc(-c2cnc(C(F)(F)F)nc2)ncc1Cl)[C@@H]1C[C@@H](F)CN1.O=C(CCc1cc(-c2cnc(C(F)(F)F)nc2)ncc1Cl)[C@@H]1C[C@@H](F)CN1S(=O)(=O)c1ccc(F)cc1. The van der Waals surface area contributed by atoms with Gasteiger partial charge < -0.3 is 5.32 Å². The highest BCUT2D eigenvalue weighted by molar-refractivity contribution is 7.89. The van der Waals surface area contributed by atoms with Crippen molar-refractivity contribution in [1.29, 1.82) is 0 Å². The molecule has 4 aromatic heterocycles. The van der Waals surface area contributed by atoms with E-state index in [4.69, 9.17) is 23.2 Å². The molecule has 2 aliphatic heterocycles. The van der Waals surface area contributed by atoms with Crippen LogP contribution in [0.1, 0.15) is 48.5 Å². The third-order valence-corrected chi connectivity index (χ3v) is 12.6. The zero-order valence-electron chi connectivity index (χ0n) is 33.1. The van der Waals surface area contributed by atoms with Crippen molar-refractivity contribution in [2.45, 2.75) is 80.2 Å². The maximum Gasteiger partial charge on any atom is 0.451 e. The van der Waals surface area contributed by atoms with E-state index in [2.05, 4.69) is 35.2 Å². The smallest absolute Gasteiger partial charge is 0.304 e. The summed E-state index contributed by atoms with van der Waals surface area (Å²) >= 11 is 12.3. The molecule has 2 fully saturated rings. The van der Waals surface area contributed by atoms with Crippen LogP contribution in [0.25, 0.3) is 22.5 Å². The summed E-state index contributed by atoms with van der Waals surface area (Å²) in [7, 11) is -4.25.